The highest BCUT2D eigenvalue weighted by atomic mass is 19.4. The van der Waals surface area contributed by atoms with Crippen molar-refractivity contribution in [3.8, 4) is 0 Å². The van der Waals surface area contributed by atoms with Crippen LogP contribution in [0, 0.1) is 6.57 Å². The lowest BCUT2D eigenvalue weighted by atomic mass is 10.2. The van der Waals surface area contributed by atoms with E-state index in [2.05, 4.69) is 9.83 Å². The normalized spacial score (nSPS) is 11.0. The molecule has 0 radical (unpaired) electrons. The number of nitrogens with zero attached hydrogens (tertiary/aromatic N) is 2. The molecule has 1 aromatic rings. The van der Waals surface area contributed by atoms with Crippen molar-refractivity contribution in [3.05, 3.63) is 41.0 Å². The first-order chi connectivity index (χ1) is 6.54. The van der Waals surface area contributed by atoms with Crippen molar-refractivity contribution < 1.29 is 13.2 Å². The third-order valence-electron chi connectivity index (χ3n) is 1.63. The molecule has 0 aliphatic rings. The molecule has 0 spiro atoms. The smallest absolute Gasteiger partial charge is 0.317 e. The summed E-state index contributed by atoms with van der Waals surface area (Å²) >= 11 is 0. The van der Waals surface area contributed by atoms with E-state index < -0.39 is 11.7 Å². The van der Waals surface area contributed by atoms with E-state index in [1.165, 1.54) is 6.07 Å². The second kappa shape index (κ2) is 4.09. The Morgan fingerprint density at radius 1 is 1.36 bits per heavy atom. The van der Waals surface area contributed by atoms with E-state index in [9.17, 15) is 13.2 Å². The Hall–Kier alpha value is -1.57. The van der Waals surface area contributed by atoms with Crippen molar-refractivity contribution in [1.82, 2.24) is 4.98 Å². The monoisotopic (exact) mass is 200 g/mol. The van der Waals surface area contributed by atoms with Gasteiger partial charge in [0.1, 0.15) is 0 Å². The van der Waals surface area contributed by atoms with Gasteiger partial charge in [0.25, 0.3) is 0 Å². The summed E-state index contributed by atoms with van der Waals surface area (Å²) < 4.78 is 36.2. The molecule has 74 valence electrons. The number of pyridine rings is 1. The lowest BCUT2D eigenvalue weighted by Crippen LogP contribution is -2.06. The lowest BCUT2D eigenvalue weighted by Gasteiger charge is -2.05. The second-order valence-corrected chi connectivity index (χ2v) is 2.67. The Balaban J connectivity index is 2.75. The van der Waals surface area contributed by atoms with Crippen molar-refractivity contribution >= 4 is 0 Å². The van der Waals surface area contributed by atoms with E-state index in [0.29, 0.717) is 12.1 Å². The van der Waals surface area contributed by atoms with Gasteiger partial charge in [-0.1, -0.05) is 0 Å². The fraction of sp³-hybridized carbons (Fsp3) is 0.333. The van der Waals surface area contributed by atoms with E-state index in [1.54, 1.807) is 0 Å². The summed E-state index contributed by atoms with van der Waals surface area (Å²) in [6.07, 6.45) is -3.16. The second-order valence-electron chi connectivity index (χ2n) is 2.67. The molecule has 1 heterocycles. The summed E-state index contributed by atoms with van der Waals surface area (Å²) in [6.45, 7) is 6.76. The number of aromatic nitrogens is 1. The van der Waals surface area contributed by atoms with Crippen LogP contribution in [-0.2, 0) is 12.6 Å². The fourth-order valence-electron chi connectivity index (χ4n) is 0.911. The molecule has 0 aromatic carbocycles. The zero-order valence-electron chi connectivity index (χ0n) is 7.17. The van der Waals surface area contributed by atoms with Gasteiger partial charge in [-0.25, -0.2) is 6.57 Å². The largest absolute Gasteiger partial charge is 0.417 e. The van der Waals surface area contributed by atoms with Crippen LogP contribution in [0.25, 0.3) is 4.85 Å². The zero-order chi connectivity index (χ0) is 10.6. The van der Waals surface area contributed by atoms with E-state index in [-0.39, 0.29) is 6.54 Å². The first kappa shape index (κ1) is 10.5. The first-order valence-corrected chi connectivity index (χ1v) is 3.89. The molecule has 0 N–H and O–H groups in total. The van der Waals surface area contributed by atoms with Gasteiger partial charge in [0.2, 0.25) is 6.54 Å². The predicted octanol–water partition coefficient (Wildman–Crippen LogP) is 2.56. The average Bonchev–Trinajstić information content (AvgIpc) is 2.14. The average molecular weight is 200 g/mol. The van der Waals surface area contributed by atoms with Crippen LogP contribution in [0.4, 0.5) is 13.2 Å². The highest BCUT2D eigenvalue weighted by Gasteiger charge is 2.30. The third kappa shape index (κ3) is 2.73. The van der Waals surface area contributed by atoms with E-state index in [4.69, 9.17) is 6.57 Å². The van der Waals surface area contributed by atoms with Crippen LogP contribution in [-0.4, -0.2) is 11.5 Å². The SMILES string of the molecule is [C-]#[N+]CCc1ccc(C(F)(F)F)cn1. The minimum Gasteiger partial charge on any atom is -0.317 e. The van der Waals surface area contributed by atoms with Gasteiger partial charge < -0.3 is 4.85 Å². The first-order valence-electron chi connectivity index (χ1n) is 3.89. The van der Waals surface area contributed by atoms with Crippen LogP contribution in [0.3, 0.4) is 0 Å². The van der Waals surface area contributed by atoms with Crippen molar-refractivity contribution in [2.24, 2.45) is 0 Å². The van der Waals surface area contributed by atoms with Crippen molar-refractivity contribution in [2.75, 3.05) is 6.54 Å². The topological polar surface area (TPSA) is 17.2 Å². The van der Waals surface area contributed by atoms with Gasteiger partial charge in [-0.15, -0.1) is 0 Å². The minimum atomic E-state index is -4.34. The predicted molar refractivity (Wildman–Crippen MR) is 44.4 cm³/mol. The summed E-state index contributed by atoms with van der Waals surface area (Å²) in [6, 6.07) is 2.28. The van der Waals surface area contributed by atoms with E-state index in [0.717, 1.165) is 12.3 Å². The number of halogens is 3. The van der Waals surface area contributed by atoms with Crippen molar-refractivity contribution in [3.63, 3.8) is 0 Å². The maximum Gasteiger partial charge on any atom is 0.417 e. The van der Waals surface area contributed by atoms with Gasteiger partial charge in [0, 0.05) is 11.9 Å². The highest BCUT2D eigenvalue weighted by molar-refractivity contribution is 5.17. The lowest BCUT2D eigenvalue weighted by molar-refractivity contribution is -0.137. The molecule has 0 atom stereocenters. The molecule has 0 bridgehead atoms. The quantitative estimate of drug-likeness (QED) is 0.670. The number of hydrogen-bond acceptors (Lipinski definition) is 1. The number of hydrogen-bond donors (Lipinski definition) is 0. The zero-order valence-corrected chi connectivity index (χ0v) is 7.17. The summed E-state index contributed by atoms with van der Waals surface area (Å²) in [7, 11) is 0. The Morgan fingerprint density at radius 2 is 2.07 bits per heavy atom. The minimum absolute atomic E-state index is 0.248. The molecule has 14 heavy (non-hydrogen) atoms. The van der Waals surface area contributed by atoms with E-state index in [1.807, 2.05) is 0 Å². The molecule has 0 aliphatic heterocycles. The number of rotatable bonds is 2. The third-order valence-corrected chi connectivity index (χ3v) is 1.63. The standard InChI is InChI=1S/C9H7F3N2/c1-13-5-4-8-3-2-7(6-14-8)9(10,11)12/h2-3,6H,4-5H2. The van der Waals surface area contributed by atoms with Crippen LogP contribution in [0.2, 0.25) is 0 Å². The van der Waals surface area contributed by atoms with Gasteiger partial charge in [-0.2, -0.15) is 13.2 Å². The van der Waals surface area contributed by atoms with Gasteiger partial charge in [-0.05, 0) is 12.1 Å². The van der Waals surface area contributed by atoms with Crippen LogP contribution in [0.1, 0.15) is 11.3 Å². The molecule has 0 amide bonds. The summed E-state index contributed by atoms with van der Waals surface area (Å²) in [5.74, 6) is 0. The molecular formula is C9H7F3N2. The van der Waals surface area contributed by atoms with E-state index >= 15 is 0 Å². The Kier molecular flexibility index (Phi) is 3.07. The molecule has 0 saturated carbocycles. The molecular weight excluding hydrogens is 193 g/mol. The van der Waals surface area contributed by atoms with Crippen LogP contribution < -0.4 is 0 Å². The molecule has 0 unspecified atom stereocenters. The molecule has 0 fully saturated rings. The van der Waals surface area contributed by atoms with Crippen LogP contribution in [0.15, 0.2) is 18.3 Å². The van der Waals surface area contributed by atoms with Crippen LogP contribution >= 0.6 is 0 Å². The van der Waals surface area contributed by atoms with Gasteiger partial charge in [0.15, 0.2) is 0 Å². The molecule has 2 nitrogen and oxygen atoms in total. The summed E-state index contributed by atoms with van der Waals surface area (Å²) in [5, 5.41) is 0. The Bertz CT molecular complexity index is 335. The molecule has 0 aliphatic carbocycles. The Morgan fingerprint density at radius 3 is 2.50 bits per heavy atom. The molecule has 0 saturated heterocycles. The van der Waals surface area contributed by atoms with Gasteiger partial charge in [0.05, 0.1) is 12.0 Å². The van der Waals surface area contributed by atoms with Crippen molar-refractivity contribution in [1.29, 1.82) is 0 Å². The highest BCUT2D eigenvalue weighted by Crippen LogP contribution is 2.28. The fourth-order valence-corrected chi connectivity index (χ4v) is 0.911. The Labute approximate surface area is 79.2 Å². The molecule has 1 aromatic heterocycles. The molecule has 5 heteroatoms. The van der Waals surface area contributed by atoms with Gasteiger partial charge >= 0.3 is 6.18 Å². The summed E-state index contributed by atoms with van der Waals surface area (Å²) in [5.41, 5.74) is -0.252. The van der Waals surface area contributed by atoms with Crippen molar-refractivity contribution in [2.45, 2.75) is 12.6 Å². The maximum atomic E-state index is 12.1. The number of alkyl halides is 3. The van der Waals surface area contributed by atoms with Crippen LogP contribution in [0.5, 0.6) is 0 Å². The molecule has 1 rings (SSSR count). The summed E-state index contributed by atoms with van der Waals surface area (Å²) in [4.78, 5) is 6.71. The maximum absolute atomic E-state index is 12.1. The van der Waals surface area contributed by atoms with Gasteiger partial charge in [-0.3, -0.25) is 4.98 Å².